The summed E-state index contributed by atoms with van der Waals surface area (Å²) in [6.45, 7) is 0. The quantitative estimate of drug-likeness (QED) is 0.668. The molecule has 1 rings (SSSR count). The fraction of sp³-hybridized carbons (Fsp3) is 0.0909. The Morgan fingerprint density at radius 1 is 1.31 bits per heavy atom. The Kier molecular flexibility index (Phi) is 3.66. The van der Waals surface area contributed by atoms with E-state index in [0.717, 1.165) is 0 Å². The largest absolute Gasteiger partial charge is 0.481 e. The molecule has 4 N–H and O–H groups in total. The van der Waals surface area contributed by atoms with E-state index in [1.807, 2.05) is 0 Å². The average molecular weight is 221 g/mol. The smallest absolute Gasteiger partial charge is 0.336 e. The molecule has 0 saturated heterocycles. The van der Waals surface area contributed by atoms with Crippen molar-refractivity contribution in [3.05, 3.63) is 35.4 Å². The normalized spacial score (nSPS) is 10.5. The van der Waals surface area contributed by atoms with E-state index in [4.69, 9.17) is 15.9 Å². The molecule has 5 nitrogen and oxygen atoms in total. The molecule has 0 heterocycles. The summed E-state index contributed by atoms with van der Waals surface area (Å²) in [6.07, 6.45) is 2.60. The maximum atomic E-state index is 10.9. The van der Waals surface area contributed by atoms with E-state index < -0.39 is 11.9 Å². The third kappa shape index (κ3) is 2.84. The lowest BCUT2D eigenvalue weighted by molar-refractivity contribution is -0.135. The zero-order chi connectivity index (χ0) is 12.1. The lowest BCUT2D eigenvalue weighted by atomic mass is 10.0. The van der Waals surface area contributed by atoms with Crippen LogP contribution in [0.1, 0.15) is 22.3 Å². The second kappa shape index (κ2) is 4.97. The second-order valence-electron chi connectivity index (χ2n) is 3.11. The van der Waals surface area contributed by atoms with Crippen LogP contribution in [0.3, 0.4) is 0 Å². The Hall–Kier alpha value is -2.30. The molecule has 0 radical (unpaired) electrons. The van der Waals surface area contributed by atoms with Crippen molar-refractivity contribution in [2.75, 3.05) is 5.73 Å². The number of nitrogen functional groups attached to an aromatic ring is 1. The van der Waals surface area contributed by atoms with E-state index in [-0.39, 0.29) is 12.0 Å². The Morgan fingerprint density at radius 3 is 2.56 bits per heavy atom. The summed E-state index contributed by atoms with van der Waals surface area (Å²) in [4.78, 5) is 21.2. The Morgan fingerprint density at radius 2 is 2.00 bits per heavy atom. The molecule has 0 atom stereocenters. The zero-order valence-electron chi connectivity index (χ0n) is 8.38. The summed E-state index contributed by atoms with van der Waals surface area (Å²) in [5.41, 5.74) is 6.31. The number of nitrogens with two attached hydrogens (primary N) is 1. The maximum absolute atomic E-state index is 10.9. The van der Waals surface area contributed by atoms with Crippen LogP contribution in [0.15, 0.2) is 24.3 Å². The summed E-state index contributed by atoms with van der Waals surface area (Å²) >= 11 is 0. The van der Waals surface area contributed by atoms with Gasteiger partial charge >= 0.3 is 11.9 Å². The molecule has 0 amide bonds. The third-order valence-corrected chi connectivity index (χ3v) is 1.95. The van der Waals surface area contributed by atoms with Crippen LogP contribution in [0.4, 0.5) is 5.69 Å². The monoisotopic (exact) mass is 221 g/mol. The average Bonchev–Trinajstić information content (AvgIpc) is 2.19. The lowest BCUT2D eigenvalue weighted by Gasteiger charge is -2.04. The first kappa shape index (κ1) is 11.8. The van der Waals surface area contributed by atoms with Crippen LogP contribution in [-0.2, 0) is 4.79 Å². The van der Waals surface area contributed by atoms with Gasteiger partial charge < -0.3 is 15.9 Å². The van der Waals surface area contributed by atoms with Crippen LogP contribution < -0.4 is 5.73 Å². The van der Waals surface area contributed by atoms with Gasteiger partial charge in [-0.1, -0.05) is 18.2 Å². The first-order chi connectivity index (χ1) is 7.52. The van der Waals surface area contributed by atoms with E-state index >= 15 is 0 Å². The Bertz CT molecular complexity index is 451. The van der Waals surface area contributed by atoms with E-state index in [9.17, 15) is 9.59 Å². The summed E-state index contributed by atoms with van der Waals surface area (Å²) < 4.78 is 0. The number of hydrogen-bond acceptors (Lipinski definition) is 3. The van der Waals surface area contributed by atoms with Crippen molar-refractivity contribution in [2.45, 2.75) is 6.42 Å². The SMILES string of the molecule is Nc1cccc(C(=O)O)c1C=CCC(=O)O. The van der Waals surface area contributed by atoms with Crippen molar-refractivity contribution >= 4 is 23.7 Å². The molecule has 0 bridgehead atoms. The number of carbonyl (C=O) groups is 2. The molecule has 0 aliphatic heterocycles. The van der Waals surface area contributed by atoms with Crippen molar-refractivity contribution in [1.82, 2.24) is 0 Å². The summed E-state index contributed by atoms with van der Waals surface area (Å²) in [5, 5.41) is 17.3. The number of aromatic carboxylic acids is 1. The zero-order valence-corrected chi connectivity index (χ0v) is 8.38. The van der Waals surface area contributed by atoms with E-state index in [0.29, 0.717) is 11.3 Å². The van der Waals surface area contributed by atoms with Gasteiger partial charge in [-0.2, -0.15) is 0 Å². The predicted octanol–water partition coefficient (Wildman–Crippen LogP) is 1.45. The molecule has 1 aromatic carbocycles. The first-order valence-corrected chi connectivity index (χ1v) is 4.52. The minimum absolute atomic E-state index is 0.0571. The minimum atomic E-state index is -1.10. The van der Waals surface area contributed by atoms with Crippen LogP contribution in [-0.4, -0.2) is 22.2 Å². The van der Waals surface area contributed by atoms with Crippen molar-refractivity contribution in [2.24, 2.45) is 0 Å². The van der Waals surface area contributed by atoms with Crippen LogP contribution in [0.25, 0.3) is 6.08 Å². The number of carboxylic acid groups (broad SMARTS) is 2. The summed E-state index contributed by atoms with van der Waals surface area (Å²) in [7, 11) is 0. The van der Waals surface area contributed by atoms with Crippen LogP contribution in [0, 0.1) is 0 Å². The van der Waals surface area contributed by atoms with Crippen LogP contribution in [0.5, 0.6) is 0 Å². The molecule has 0 unspecified atom stereocenters. The molecule has 0 saturated carbocycles. The van der Waals surface area contributed by atoms with Gasteiger partial charge in [-0.25, -0.2) is 4.79 Å². The summed E-state index contributed by atoms with van der Waals surface area (Å²) in [5.74, 6) is -2.08. The van der Waals surface area contributed by atoms with E-state index in [2.05, 4.69) is 0 Å². The first-order valence-electron chi connectivity index (χ1n) is 4.52. The van der Waals surface area contributed by atoms with Gasteiger partial charge in [0, 0.05) is 11.3 Å². The van der Waals surface area contributed by atoms with Gasteiger partial charge in [-0.05, 0) is 12.1 Å². The third-order valence-electron chi connectivity index (χ3n) is 1.95. The summed E-state index contributed by atoms with van der Waals surface area (Å²) in [6, 6.07) is 4.51. The Balaban J connectivity index is 3.06. The topological polar surface area (TPSA) is 101 Å². The number of anilines is 1. The molecular formula is C11H11NO4. The molecule has 0 aromatic heterocycles. The standard InChI is InChI=1S/C11H11NO4/c12-9-5-1-4-8(11(15)16)7(9)3-2-6-10(13)14/h1-5H,6,12H2,(H,13,14)(H,15,16). The number of hydrogen-bond donors (Lipinski definition) is 3. The number of aliphatic carboxylic acids is 1. The number of benzene rings is 1. The molecule has 5 heteroatoms. The minimum Gasteiger partial charge on any atom is -0.481 e. The van der Waals surface area contributed by atoms with Gasteiger partial charge in [0.1, 0.15) is 0 Å². The molecule has 0 aliphatic carbocycles. The van der Waals surface area contributed by atoms with Crippen molar-refractivity contribution in [3.63, 3.8) is 0 Å². The molecule has 16 heavy (non-hydrogen) atoms. The van der Waals surface area contributed by atoms with Crippen molar-refractivity contribution < 1.29 is 19.8 Å². The lowest BCUT2D eigenvalue weighted by Crippen LogP contribution is -2.02. The van der Waals surface area contributed by atoms with Gasteiger partial charge in [0.05, 0.1) is 12.0 Å². The second-order valence-corrected chi connectivity index (χ2v) is 3.11. The van der Waals surface area contributed by atoms with Gasteiger partial charge in [0.15, 0.2) is 0 Å². The van der Waals surface area contributed by atoms with Crippen LogP contribution >= 0.6 is 0 Å². The van der Waals surface area contributed by atoms with E-state index in [1.165, 1.54) is 24.3 Å². The molecule has 0 spiro atoms. The predicted molar refractivity (Wildman–Crippen MR) is 59.1 cm³/mol. The van der Waals surface area contributed by atoms with Crippen molar-refractivity contribution in [3.8, 4) is 0 Å². The number of rotatable bonds is 4. The van der Waals surface area contributed by atoms with Gasteiger partial charge in [-0.3, -0.25) is 4.79 Å². The highest BCUT2D eigenvalue weighted by molar-refractivity contribution is 5.94. The molecule has 84 valence electrons. The fourth-order valence-corrected chi connectivity index (χ4v) is 1.23. The number of carboxylic acids is 2. The van der Waals surface area contributed by atoms with Crippen molar-refractivity contribution in [1.29, 1.82) is 0 Å². The van der Waals surface area contributed by atoms with Crippen LogP contribution in [0.2, 0.25) is 0 Å². The molecule has 0 aliphatic rings. The highest BCUT2D eigenvalue weighted by atomic mass is 16.4. The molecule has 0 fully saturated rings. The van der Waals surface area contributed by atoms with Gasteiger partial charge in [0.2, 0.25) is 0 Å². The highest BCUT2D eigenvalue weighted by Gasteiger charge is 2.09. The van der Waals surface area contributed by atoms with Gasteiger partial charge in [0.25, 0.3) is 0 Å². The van der Waals surface area contributed by atoms with E-state index in [1.54, 1.807) is 6.07 Å². The molecule has 1 aromatic rings. The Labute approximate surface area is 91.8 Å². The maximum Gasteiger partial charge on any atom is 0.336 e. The molecular weight excluding hydrogens is 210 g/mol. The highest BCUT2D eigenvalue weighted by Crippen LogP contribution is 2.19. The fourth-order valence-electron chi connectivity index (χ4n) is 1.23. The van der Waals surface area contributed by atoms with Gasteiger partial charge in [-0.15, -0.1) is 0 Å².